The number of rotatable bonds is 9. The van der Waals surface area contributed by atoms with Gasteiger partial charge in [0.2, 0.25) is 0 Å². The molecule has 1 heterocycles. The van der Waals surface area contributed by atoms with Crippen molar-refractivity contribution < 1.29 is 4.74 Å². The van der Waals surface area contributed by atoms with Crippen molar-refractivity contribution in [2.45, 2.75) is 26.3 Å². The number of aliphatic imine (C=N–C) groups is 1. The molecular formula is C20H35N5O. The Morgan fingerprint density at radius 1 is 1.08 bits per heavy atom. The Morgan fingerprint density at radius 3 is 2.50 bits per heavy atom. The van der Waals surface area contributed by atoms with Crippen molar-refractivity contribution in [3.05, 3.63) is 29.8 Å². The van der Waals surface area contributed by atoms with Crippen LogP contribution in [0.25, 0.3) is 0 Å². The lowest BCUT2D eigenvalue weighted by atomic mass is 10.2. The number of nitrogens with zero attached hydrogens (tertiary/aromatic N) is 3. The van der Waals surface area contributed by atoms with Crippen LogP contribution in [-0.4, -0.2) is 75.7 Å². The number of benzene rings is 1. The van der Waals surface area contributed by atoms with Crippen LogP contribution in [0.2, 0.25) is 0 Å². The average molecular weight is 362 g/mol. The van der Waals surface area contributed by atoms with E-state index in [-0.39, 0.29) is 0 Å². The van der Waals surface area contributed by atoms with E-state index >= 15 is 0 Å². The Labute approximate surface area is 158 Å². The van der Waals surface area contributed by atoms with Gasteiger partial charge in [0.1, 0.15) is 5.75 Å². The SMILES string of the molecule is CCN1CCN(CCCCNC(=NC)NCc2ccccc2OC)CC1. The molecule has 2 rings (SSSR count). The van der Waals surface area contributed by atoms with E-state index in [1.54, 1.807) is 7.11 Å². The first-order chi connectivity index (χ1) is 12.8. The van der Waals surface area contributed by atoms with Gasteiger partial charge in [-0.2, -0.15) is 0 Å². The van der Waals surface area contributed by atoms with Gasteiger partial charge in [-0.1, -0.05) is 25.1 Å². The van der Waals surface area contributed by atoms with Gasteiger partial charge in [0.25, 0.3) is 0 Å². The maximum Gasteiger partial charge on any atom is 0.191 e. The summed E-state index contributed by atoms with van der Waals surface area (Å²) >= 11 is 0. The molecule has 0 saturated carbocycles. The Morgan fingerprint density at radius 2 is 1.81 bits per heavy atom. The van der Waals surface area contributed by atoms with Gasteiger partial charge in [-0.05, 0) is 32.0 Å². The molecule has 146 valence electrons. The number of likely N-dealkylation sites (N-methyl/N-ethyl adjacent to an activating group) is 1. The lowest BCUT2D eigenvalue weighted by molar-refractivity contribution is 0.136. The number of piperazine rings is 1. The molecule has 0 aliphatic carbocycles. The quantitative estimate of drug-likeness (QED) is 0.399. The highest BCUT2D eigenvalue weighted by molar-refractivity contribution is 5.79. The lowest BCUT2D eigenvalue weighted by Gasteiger charge is -2.34. The molecule has 1 aliphatic heterocycles. The van der Waals surface area contributed by atoms with Gasteiger partial charge < -0.3 is 25.2 Å². The van der Waals surface area contributed by atoms with Crippen molar-refractivity contribution in [2.24, 2.45) is 4.99 Å². The molecule has 1 aromatic carbocycles. The van der Waals surface area contributed by atoms with Crippen LogP contribution in [0, 0.1) is 0 Å². The second kappa shape index (κ2) is 11.8. The van der Waals surface area contributed by atoms with Crippen LogP contribution in [0.4, 0.5) is 0 Å². The number of nitrogens with one attached hydrogen (secondary N) is 2. The van der Waals surface area contributed by atoms with Crippen LogP contribution in [0.3, 0.4) is 0 Å². The van der Waals surface area contributed by atoms with Crippen molar-refractivity contribution >= 4 is 5.96 Å². The molecule has 1 saturated heterocycles. The Balaban J connectivity index is 1.59. The highest BCUT2D eigenvalue weighted by Gasteiger charge is 2.14. The van der Waals surface area contributed by atoms with Crippen LogP contribution in [-0.2, 0) is 6.54 Å². The van der Waals surface area contributed by atoms with E-state index < -0.39 is 0 Å². The third kappa shape index (κ3) is 6.84. The second-order valence-corrected chi connectivity index (χ2v) is 6.65. The number of unbranched alkanes of at least 4 members (excludes halogenated alkanes) is 1. The third-order valence-electron chi connectivity index (χ3n) is 4.97. The second-order valence-electron chi connectivity index (χ2n) is 6.65. The summed E-state index contributed by atoms with van der Waals surface area (Å²) in [4.78, 5) is 9.41. The van der Waals surface area contributed by atoms with E-state index in [0.717, 1.165) is 30.2 Å². The van der Waals surface area contributed by atoms with Crippen molar-refractivity contribution in [1.82, 2.24) is 20.4 Å². The monoisotopic (exact) mass is 361 g/mol. The standard InChI is InChI=1S/C20H35N5O/c1-4-24-13-15-25(16-14-24)12-8-7-11-22-20(21-2)23-17-18-9-5-6-10-19(18)26-3/h5-6,9-10H,4,7-8,11-17H2,1-3H3,(H2,21,22,23). The van der Waals surface area contributed by atoms with Crippen molar-refractivity contribution in [3.63, 3.8) is 0 Å². The van der Waals surface area contributed by atoms with E-state index in [0.29, 0.717) is 6.54 Å². The molecule has 6 heteroatoms. The normalized spacial score (nSPS) is 16.5. The smallest absolute Gasteiger partial charge is 0.191 e. The topological polar surface area (TPSA) is 52.1 Å². The molecule has 0 atom stereocenters. The highest BCUT2D eigenvalue weighted by Crippen LogP contribution is 2.16. The fourth-order valence-electron chi connectivity index (χ4n) is 3.24. The van der Waals surface area contributed by atoms with Gasteiger partial charge in [0.15, 0.2) is 5.96 Å². The first-order valence-corrected chi connectivity index (χ1v) is 9.78. The molecule has 6 nitrogen and oxygen atoms in total. The van der Waals surface area contributed by atoms with E-state index in [4.69, 9.17) is 4.74 Å². The summed E-state index contributed by atoms with van der Waals surface area (Å²) in [5.74, 6) is 1.74. The lowest BCUT2D eigenvalue weighted by Crippen LogP contribution is -2.46. The average Bonchev–Trinajstić information content (AvgIpc) is 2.70. The van der Waals surface area contributed by atoms with Gasteiger partial charge in [0, 0.05) is 51.9 Å². The number of guanidine groups is 1. The molecule has 0 amide bonds. The van der Waals surface area contributed by atoms with E-state index in [2.05, 4.69) is 38.4 Å². The molecule has 0 unspecified atom stereocenters. The molecular weight excluding hydrogens is 326 g/mol. The maximum absolute atomic E-state index is 5.39. The zero-order valence-electron chi connectivity index (χ0n) is 16.6. The summed E-state index contributed by atoms with van der Waals surface area (Å²) in [6, 6.07) is 8.05. The van der Waals surface area contributed by atoms with Crippen LogP contribution in [0.15, 0.2) is 29.3 Å². The Hall–Kier alpha value is -1.79. The molecule has 0 aromatic heterocycles. The highest BCUT2D eigenvalue weighted by atomic mass is 16.5. The minimum Gasteiger partial charge on any atom is -0.496 e. The van der Waals surface area contributed by atoms with Gasteiger partial charge in [-0.25, -0.2) is 0 Å². The van der Waals surface area contributed by atoms with E-state index in [1.165, 1.54) is 45.7 Å². The molecule has 1 fully saturated rings. The summed E-state index contributed by atoms with van der Waals surface area (Å²) in [6.45, 7) is 11.1. The predicted molar refractivity (Wildman–Crippen MR) is 109 cm³/mol. The summed E-state index contributed by atoms with van der Waals surface area (Å²) < 4.78 is 5.39. The number of para-hydroxylation sites is 1. The largest absolute Gasteiger partial charge is 0.496 e. The van der Waals surface area contributed by atoms with Gasteiger partial charge in [-0.15, -0.1) is 0 Å². The van der Waals surface area contributed by atoms with Gasteiger partial charge in [-0.3, -0.25) is 4.99 Å². The van der Waals surface area contributed by atoms with Crippen molar-refractivity contribution in [1.29, 1.82) is 0 Å². The van der Waals surface area contributed by atoms with Crippen LogP contribution < -0.4 is 15.4 Å². The summed E-state index contributed by atoms with van der Waals surface area (Å²) in [7, 11) is 3.51. The summed E-state index contributed by atoms with van der Waals surface area (Å²) in [5, 5.41) is 6.76. The van der Waals surface area contributed by atoms with Gasteiger partial charge >= 0.3 is 0 Å². The van der Waals surface area contributed by atoms with Gasteiger partial charge in [0.05, 0.1) is 7.11 Å². The van der Waals surface area contributed by atoms with E-state index in [9.17, 15) is 0 Å². The van der Waals surface area contributed by atoms with Crippen molar-refractivity contribution in [2.75, 3.05) is 60.0 Å². The molecule has 0 spiro atoms. The molecule has 2 N–H and O–H groups in total. The molecule has 26 heavy (non-hydrogen) atoms. The summed E-state index contributed by atoms with van der Waals surface area (Å²) in [5.41, 5.74) is 1.13. The molecule has 0 radical (unpaired) electrons. The Kier molecular flexibility index (Phi) is 9.28. The maximum atomic E-state index is 5.39. The predicted octanol–water partition coefficient (Wildman–Crippen LogP) is 1.78. The van der Waals surface area contributed by atoms with Crippen LogP contribution in [0.1, 0.15) is 25.3 Å². The number of hydrogen-bond acceptors (Lipinski definition) is 4. The minimum absolute atomic E-state index is 0.700. The van der Waals surface area contributed by atoms with E-state index in [1.807, 2.05) is 25.2 Å². The number of hydrogen-bond donors (Lipinski definition) is 2. The Bertz CT molecular complexity index is 541. The molecule has 1 aromatic rings. The first kappa shape index (κ1) is 20.5. The van der Waals surface area contributed by atoms with Crippen LogP contribution in [0.5, 0.6) is 5.75 Å². The molecule has 1 aliphatic rings. The fraction of sp³-hybridized carbons (Fsp3) is 0.650. The molecule has 0 bridgehead atoms. The minimum atomic E-state index is 0.700. The number of methoxy groups -OCH3 is 1. The summed E-state index contributed by atoms with van der Waals surface area (Å²) in [6.07, 6.45) is 2.38. The number of ether oxygens (including phenoxy) is 1. The van der Waals surface area contributed by atoms with Crippen LogP contribution >= 0.6 is 0 Å². The van der Waals surface area contributed by atoms with Crippen molar-refractivity contribution in [3.8, 4) is 5.75 Å². The third-order valence-corrected chi connectivity index (χ3v) is 4.97. The zero-order chi connectivity index (χ0) is 18.6. The first-order valence-electron chi connectivity index (χ1n) is 9.78. The zero-order valence-corrected chi connectivity index (χ0v) is 16.6. The fourth-order valence-corrected chi connectivity index (χ4v) is 3.24.